The fraction of sp³-hybridized carbons (Fsp3) is 0.286. The van der Waals surface area contributed by atoms with E-state index in [2.05, 4.69) is 30.8 Å². The van der Waals surface area contributed by atoms with Gasteiger partial charge in [-0.25, -0.2) is 5.09 Å². The van der Waals surface area contributed by atoms with Crippen molar-refractivity contribution in [3.8, 4) is 11.8 Å². The van der Waals surface area contributed by atoms with Gasteiger partial charge in [0.05, 0.1) is 6.04 Å². The lowest BCUT2D eigenvalue weighted by molar-refractivity contribution is 0.375. The minimum absolute atomic E-state index is 0.0652. The average Bonchev–Trinajstić information content (AvgIpc) is 3.58. The summed E-state index contributed by atoms with van der Waals surface area (Å²) in [5.41, 5.74) is 1.05. The molecule has 0 spiro atoms. The van der Waals surface area contributed by atoms with E-state index in [4.69, 9.17) is 0 Å². The van der Waals surface area contributed by atoms with Crippen LogP contribution >= 0.6 is 7.29 Å². The third-order valence-electron chi connectivity index (χ3n) is 6.69. The van der Waals surface area contributed by atoms with Crippen LogP contribution in [0.3, 0.4) is 0 Å². The highest BCUT2D eigenvalue weighted by Gasteiger charge is 2.57. The molecule has 0 radical (unpaired) electrons. The third kappa shape index (κ3) is 4.40. The fourth-order valence-corrected chi connectivity index (χ4v) is 7.14. The summed E-state index contributed by atoms with van der Waals surface area (Å²) in [5, 5.41) is 5.29. The molecule has 2 nitrogen and oxygen atoms in total. The zero-order valence-corrected chi connectivity index (χ0v) is 19.2. The quantitative estimate of drug-likeness (QED) is 0.384. The maximum Gasteiger partial charge on any atom is 0.205 e. The minimum atomic E-state index is -3.06. The summed E-state index contributed by atoms with van der Waals surface area (Å²) in [5.74, 6) is 7.49. The first kappa shape index (κ1) is 21.6. The minimum Gasteiger partial charge on any atom is -0.296 e. The van der Waals surface area contributed by atoms with Crippen LogP contribution in [-0.2, 0) is 4.57 Å². The number of hydrogen-bond donors (Lipinski definition) is 1. The molecule has 0 heterocycles. The molecular formula is C28H30NOP. The van der Waals surface area contributed by atoms with E-state index >= 15 is 0 Å². The summed E-state index contributed by atoms with van der Waals surface area (Å²) in [7, 11) is -3.06. The molecule has 3 atom stereocenters. The molecule has 0 saturated heterocycles. The van der Waals surface area contributed by atoms with Crippen molar-refractivity contribution >= 4 is 17.9 Å². The molecule has 1 fully saturated rings. The standard InChI is InChI=1S/C28H30NOP/c1-3-24-22-28(24,4-2)27(21-20-23-14-8-5-9-15-23)29-31(30,25-16-10-6-11-17-25)26-18-12-7-13-19-26/h5-19,24,27H,3-4,22H2,1-2H3,(H,29,30)/t24-,27+,28-/m0/s1. The van der Waals surface area contributed by atoms with Gasteiger partial charge in [0.15, 0.2) is 0 Å². The Morgan fingerprint density at radius 2 is 1.42 bits per heavy atom. The second-order valence-electron chi connectivity index (χ2n) is 8.37. The highest BCUT2D eigenvalue weighted by molar-refractivity contribution is 7.77. The van der Waals surface area contributed by atoms with Gasteiger partial charge < -0.3 is 0 Å². The van der Waals surface area contributed by atoms with E-state index in [0.717, 1.165) is 35.4 Å². The zero-order chi connectivity index (χ0) is 21.7. The van der Waals surface area contributed by atoms with Crippen molar-refractivity contribution in [1.82, 2.24) is 5.09 Å². The number of nitrogens with one attached hydrogen (secondary N) is 1. The van der Waals surface area contributed by atoms with Gasteiger partial charge in [0.2, 0.25) is 7.29 Å². The van der Waals surface area contributed by atoms with Gasteiger partial charge in [0.1, 0.15) is 0 Å². The van der Waals surface area contributed by atoms with Crippen molar-refractivity contribution in [2.45, 2.75) is 39.2 Å². The summed E-state index contributed by atoms with van der Waals surface area (Å²) in [6.45, 7) is 4.49. The van der Waals surface area contributed by atoms with Crippen molar-refractivity contribution < 1.29 is 4.57 Å². The molecular weight excluding hydrogens is 397 g/mol. The first-order valence-electron chi connectivity index (χ1n) is 11.2. The molecule has 4 rings (SSSR count). The first-order valence-corrected chi connectivity index (χ1v) is 12.9. The van der Waals surface area contributed by atoms with E-state index in [1.807, 2.05) is 91.0 Å². The zero-order valence-electron chi connectivity index (χ0n) is 18.3. The van der Waals surface area contributed by atoms with Gasteiger partial charge in [0.25, 0.3) is 0 Å². The Morgan fingerprint density at radius 3 is 1.87 bits per heavy atom. The molecule has 0 aromatic heterocycles. The molecule has 3 heteroatoms. The predicted octanol–water partition coefficient (Wildman–Crippen LogP) is 5.75. The lowest BCUT2D eigenvalue weighted by Gasteiger charge is -2.30. The Hall–Kier alpha value is -2.59. The van der Waals surface area contributed by atoms with E-state index in [-0.39, 0.29) is 11.5 Å². The lowest BCUT2D eigenvalue weighted by Crippen LogP contribution is -2.40. The Bertz CT molecular complexity index is 1060. The molecule has 0 amide bonds. The summed E-state index contributed by atoms with van der Waals surface area (Å²) in [4.78, 5) is 0. The van der Waals surface area contributed by atoms with Crippen molar-refractivity contribution in [2.24, 2.45) is 11.3 Å². The predicted molar refractivity (Wildman–Crippen MR) is 131 cm³/mol. The Kier molecular flexibility index (Phi) is 6.47. The lowest BCUT2D eigenvalue weighted by atomic mass is 9.90. The van der Waals surface area contributed by atoms with Crippen LogP contribution in [0, 0.1) is 23.2 Å². The van der Waals surface area contributed by atoms with Gasteiger partial charge in [-0.15, -0.1) is 0 Å². The van der Waals surface area contributed by atoms with Crippen LogP contribution in [0.15, 0.2) is 91.0 Å². The number of benzene rings is 3. The van der Waals surface area contributed by atoms with Crippen molar-refractivity contribution in [3.05, 3.63) is 96.6 Å². The van der Waals surface area contributed by atoms with Gasteiger partial charge >= 0.3 is 0 Å². The van der Waals surface area contributed by atoms with Crippen molar-refractivity contribution in [3.63, 3.8) is 0 Å². The fourth-order valence-electron chi connectivity index (χ4n) is 4.68. The van der Waals surface area contributed by atoms with Gasteiger partial charge in [-0.1, -0.05) is 86.7 Å². The summed E-state index contributed by atoms with van der Waals surface area (Å²) in [6, 6.07) is 29.5. The van der Waals surface area contributed by atoms with Gasteiger partial charge in [-0.2, -0.15) is 0 Å². The number of rotatable bonds is 7. The van der Waals surface area contributed by atoms with Crippen LogP contribution in [0.4, 0.5) is 0 Å². The second-order valence-corrected chi connectivity index (χ2v) is 10.9. The van der Waals surface area contributed by atoms with Gasteiger partial charge in [-0.05, 0) is 55.2 Å². The van der Waals surface area contributed by atoms with E-state index in [9.17, 15) is 4.57 Å². The Balaban J connectivity index is 1.79. The molecule has 0 bridgehead atoms. The van der Waals surface area contributed by atoms with E-state index in [1.165, 1.54) is 0 Å². The molecule has 1 aliphatic carbocycles. The maximum atomic E-state index is 14.6. The normalized spacial score (nSPS) is 21.0. The molecule has 3 aromatic carbocycles. The van der Waals surface area contributed by atoms with Crippen molar-refractivity contribution in [1.29, 1.82) is 0 Å². The highest BCUT2D eigenvalue weighted by Crippen LogP contribution is 2.60. The second kappa shape index (κ2) is 9.27. The molecule has 3 aromatic rings. The van der Waals surface area contributed by atoms with E-state index < -0.39 is 7.29 Å². The molecule has 1 aliphatic rings. The molecule has 31 heavy (non-hydrogen) atoms. The summed E-state index contributed by atoms with van der Waals surface area (Å²) in [6.07, 6.45) is 3.28. The third-order valence-corrected chi connectivity index (χ3v) is 9.36. The van der Waals surface area contributed by atoms with Gasteiger partial charge in [-0.3, -0.25) is 4.57 Å². The largest absolute Gasteiger partial charge is 0.296 e. The van der Waals surface area contributed by atoms with E-state index in [0.29, 0.717) is 5.92 Å². The topological polar surface area (TPSA) is 29.1 Å². The van der Waals surface area contributed by atoms with Crippen molar-refractivity contribution in [2.75, 3.05) is 0 Å². The first-order chi connectivity index (χ1) is 15.1. The maximum absolute atomic E-state index is 14.6. The van der Waals surface area contributed by atoms with Crippen LogP contribution in [0.5, 0.6) is 0 Å². The smallest absolute Gasteiger partial charge is 0.205 e. The molecule has 1 saturated carbocycles. The summed E-state index contributed by atoms with van der Waals surface area (Å²) >= 11 is 0. The van der Waals surface area contributed by atoms with Gasteiger partial charge in [0, 0.05) is 21.6 Å². The Morgan fingerprint density at radius 1 is 0.903 bits per heavy atom. The Labute approximate surface area is 186 Å². The monoisotopic (exact) mass is 427 g/mol. The molecule has 1 N–H and O–H groups in total. The molecule has 0 unspecified atom stereocenters. The summed E-state index contributed by atoms with van der Waals surface area (Å²) < 4.78 is 14.6. The van der Waals surface area contributed by atoms with Crippen LogP contribution < -0.4 is 15.7 Å². The molecule has 0 aliphatic heterocycles. The van der Waals surface area contributed by atoms with Crippen LogP contribution in [0.25, 0.3) is 0 Å². The van der Waals surface area contributed by atoms with Crippen LogP contribution in [0.2, 0.25) is 0 Å². The highest BCUT2D eigenvalue weighted by atomic mass is 31.2. The van der Waals surface area contributed by atoms with Crippen LogP contribution in [0.1, 0.15) is 38.7 Å². The molecule has 158 valence electrons. The van der Waals surface area contributed by atoms with E-state index in [1.54, 1.807) is 0 Å². The average molecular weight is 428 g/mol. The number of hydrogen-bond acceptors (Lipinski definition) is 1. The SMILES string of the molecule is CC[C@H]1C[C@]1(CC)[C@@H](C#Cc1ccccc1)NP(=O)(c1ccccc1)c1ccccc1. The van der Waals surface area contributed by atoms with Crippen LogP contribution in [-0.4, -0.2) is 6.04 Å².